The smallest absolute Gasteiger partial charge is 0.204 e. The molecule has 3 aromatic heterocycles. The highest BCUT2D eigenvalue weighted by molar-refractivity contribution is 5.87. The first-order valence-corrected chi connectivity index (χ1v) is 12.4. The van der Waals surface area contributed by atoms with Crippen LogP contribution < -0.4 is 0 Å². The number of benzene rings is 3. The minimum atomic E-state index is 0.428. The van der Waals surface area contributed by atoms with Gasteiger partial charge in [0.25, 0.3) is 0 Å². The lowest BCUT2D eigenvalue weighted by atomic mass is 9.94. The third-order valence-corrected chi connectivity index (χ3v) is 7.10. The second-order valence-electron chi connectivity index (χ2n) is 9.36. The Kier molecular flexibility index (Phi) is 5.01. The molecule has 0 radical (unpaired) electrons. The normalized spacial score (nSPS) is 14.6. The Hall–Kier alpha value is -4.46. The number of imidazole rings is 1. The number of fused-ring (bicyclic) bond motifs is 2. The van der Waals surface area contributed by atoms with Crippen LogP contribution in [0.5, 0.6) is 0 Å². The molecule has 1 aliphatic rings. The number of aromatic amines is 1. The Labute approximate surface area is 207 Å². The first kappa shape index (κ1) is 20.9. The molecule has 1 N–H and O–H groups in total. The van der Waals surface area contributed by atoms with Crippen LogP contribution in [0.2, 0.25) is 0 Å². The average molecular weight is 473 g/mol. The highest BCUT2D eigenvalue weighted by Crippen LogP contribution is 2.37. The van der Waals surface area contributed by atoms with Gasteiger partial charge in [-0.2, -0.15) is 5.21 Å². The molecule has 3 heterocycles. The molecule has 6 aromatic rings. The van der Waals surface area contributed by atoms with Crippen molar-refractivity contribution in [3.63, 3.8) is 0 Å². The fraction of sp³-hybridized carbons (Fsp3) is 0.214. The second-order valence-corrected chi connectivity index (χ2v) is 9.36. The van der Waals surface area contributed by atoms with Crippen molar-refractivity contribution in [2.75, 3.05) is 0 Å². The summed E-state index contributed by atoms with van der Waals surface area (Å²) in [7, 11) is 0. The zero-order valence-corrected chi connectivity index (χ0v) is 19.7. The minimum absolute atomic E-state index is 0.428. The molecule has 3 aromatic carbocycles. The van der Waals surface area contributed by atoms with E-state index in [0.29, 0.717) is 11.9 Å². The molecule has 0 unspecified atom stereocenters. The van der Waals surface area contributed by atoms with Gasteiger partial charge >= 0.3 is 0 Å². The van der Waals surface area contributed by atoms with Crippen molar-refractivity contribution < 1.29 is 0 Å². The van der Waals surface area contributed by atoms with Crippen molar-refractivity contribution in [2.45, 2.75) is 38.1 Å². The fourth-order valence-electron chi connectivity index (χ4n) is 5.33. The van der Waals surface area contributed by atoms with Crippen LogP contribution in [0.1, 0.15) is 38.1 Å². The third-order valence-electron chi connectivity index (χ3n) is 7.10. The van der Waals surface area contributed by atoms with E-state index in [1.54, 1.807) is 0 Å². The first-order chi connectivity index (χ1) is 17.8. The molecule has 0 bridgehead atoms. The molecule has 36 heavy (non-hydrogen) atoms. The van der Waals surface area contributed by atoms with Crippen LogP contribution in [0, 0.1) is 0 Å². The number of rotatable bonds is 4. The molecule has 1 fully saturated rings. The molecule has 176 valence electrons. The number of hydrogen-bond acceptors (Lipinski definition) is 6. The Balaban J connectivity index is 1.36. The maximum Gasteiger partial charge on any atom is 0.204 e. The van der Waals surface area contributed by atoms with E-state index >= 15 is 0 Å². The summed E-state index contributed by atoms with van der Waals surface area (Å²) < 4.78 is 2.43. The van der Waals surface area contributed by atoms with Crippen LogP contribution in [0.25, 0.3) is 56.1 Å². The van der Waals surface area contributed by atoms with Crippen molar-refractivity contribution in [3.8, 4) is 34.0 Å². The van der Waals surface area contributed by atoms with Gasteiger partial charge in [-0.15, -0.1) is 10.2 Å². The average Bonchev–Trinajstić information content (AvgIpc) is 3.62. The lowest BCUT2D eigenvalue weighted by Crippen LogP contribution is -2.14. The van der Waals surface area contributed by atoms with Gasteiger partial charge in [-0.1, -0.05) is 49.6 Å². The van der Waals surface area contributed by atoms with Crippen molar-refractivity contribution in [1.82, 2.24) is 40.1 Å². The Morgan fingerprint density at radius 1 is 0.750 bits per heavy atom. The number of H-pyrrole nitrogens is 1. The fourth-order valence-corrected chi connectivity index (χ4v) is 5.33. The summed E-state index contributed by atoms with van der Waals surface area (Å²) in [6, 6.07) is 23.1. The van der Waals surface area contributed by atoms with E-state index in [-0.39, 0.29) is 0 Å². The monoisotopic (exact) mass is 472 g/mol. The first-order valence-electron chi connectivity index (χ1n) is 12.4. The topological polar surface area (TPSA) is 98.1 Å². The molecular weight excluding hydrogens is 448 g/mol. The lowest BCUT2D eigenvalue weighted by molar-refractivity contribution is 0.362. The summed E-state index contributed by atoms with van der Waals surface area (Å²) in [5.74, 6) is 1.54. The van der Waals surface area contributed by atoms with Crippen LogP contribution >= 0.6 is 0 Å². The summed E-state index contributed by atoms with van der Waals surface area (Å²) in [5.41, 5.74) is 7.69. The van der Waals surface area contributed by atoms with Gasteiger partial charge in [0.1, 0.15) is 5.82 Å². The molecule has 8 nitrogen and oxygen atoms in total. The molecule has 0 spiro atoms. The summed E-state index contributed by atoms with van der Waals surface area (Å²) >= 11 is 0. The minimum Gasteiger partial charge on any atom is -0.321 e. The molecule has 7 rings (SSSR count). The molecule has 0 saturated heterocycles. The number of nitrogens with one attached hydrogen (secondary N) is 1. The summed E-state index contributed by atoms with van der Waals surface area (Å²) in [6.07, 6.45) is 7.97. The van der Waals surface area contributed by atoms with Crippen molar-refractivity contribution in [3.05, 3.63) is 72.9 Å². The van der Waals surface area contributed by atoms with E-state index in [4.69, 9.17) is 15.0 Å². The second kappa shape index (κ2) is 8.64. The van der Waals surface area contributed by atoms with E-state index in [2.05, 4.69) is 73.7 Å². The predicted molar refractivity (Wildman–Crippen MR) is 139 cm³/mol. The lowest BCUT2D eigenvalue weighted by Gasteiger charge is -2.25. The Morgan fingerprint density at radius 2 is 1.58 bits per heavy atom. The van der Waals surface area contributed by atoms with E-state index in [1.165, 1.54) is 32.1 Å². The molecule has 8 heteroatoms. The van der Waals surface area contributed by atoms with Gasteiger partial charge < -0.3 is 4.57 Å². The maximum absolute atomic E-state index is 5.13. The molecule has 0 amide bonds. The van der Waals surface area contributed by atoms with E-state index in [1.807, 2.05) is 24.4 Å². The van der Waals surface area contributed by atoms with Gasteiger partial charge in [-0.25, -0.2) is 9.97 Å². The quantitative estimate of drug-likeness (QED) is 0.338. The summed E-state index contributed by atoms with van der Waals surface area (Å²) in [4.78, 5) is 14.8. The summed E-state index contributed by atoms with van der Waals surface area (Å²) in [6.45, 7) is 0. The number of tetrazole rings is 1. The van der Waals surface area contributed by atoms with E-state index < -0.39 is 0 Å². The number of aromatic nitrogens is 8. The van der Waals surface area contributed by atoms with Gasteiger partial charge in [0.15, 0.2) is 0 Å². The zero-order chi connectivity index (χ0) is 23.9. The molecule has 0 atom stereocenters. The highest BCUT2D eigenvalue weighted by atomic mass is 15.5. The largest absolute Gasteiger partial charge is 0.321 e. The van der Waals surface area contributed by atoms with Crippen LogP contribution in [-0.2, 0) is 0 Å². The number of nitrogens with zero attached hydrogens (tertiary/aromatic N) is 7. The summed E-state index contributed by atoms with van der Waals surface area (Å²) in [5, 5.41) is 14.5. The zero-order valence-electron chi connectivity index (χ0n) is 19.7. The van der Waals surface area contributed by atoms with Crippen molar-refractivity contribution >= 4 is 22.1 Å². The van der Waals surface area contributed by atoms with E-state index in [0.717, 1.165) is 50.3 Å². The maximum atomic E-state index is 5.13. The van der Waals surface area contributed by atoms with Gasteiger partial charge in [0.05, 0.1) is 34.0 Å². The van der Waals surface area contributed by atoms with Crippen LogP contribution in [0.15, 0.2) is 72.9 Å². The van der Waals surface area contributed by atoms with Crippen LogP contribution in [0.4, 0.5) is 0 Å². The van der Waals surface area contributed by atoms with Crippen LogP contribution in [-0.4, -0.2) is 40.1 Å². The Bertz CT molecular complexity index is 1670. The predicted octanol–water partition coefficient (Wildman–Crippen LogP) is 6.00. The van der Waals surface area contributed by atoms with Gasteiger partial charge in [-0.05, 0) is 54.5 Å². The molecular formula is C28H24N8. The van der Waals surface area contributed by atoms with Crippen molar-refractivity contribution in [1.29, 1.82) is 0 Å². The SMILES string of the molecule is c1ccc(-c2cnc3cc(-c4nc5cc(-c6nn[nH]n6)ccc5n4C4CCCCC4)ccc3n2)cc1. The molecule has 0 aliphatic heterocycles. The van der Waals surface area contributed by atoms with Crippen LogP contribution in [0.3, 0.4) is 0 Å². The standard InChI is InChI=1S/C28H24N8/c1-3-7-18(8-4-1)25-17-29-23-16-20(11-13-22(23)30-25)28-31-24-15-19(27-32-34-35-33-27)12-14-26(24)36(28)21-9-5-2-6-10-21/h1,3-4,7-8,11-17,21H,2,5-6,9-10H2,(H,32,33,34,35). The van der Waals surface area contributed by atoms with Gasteiger partial charge in [0, 0.05) is 22.7 Å². The van der Waals surface area contributed by atoms with Gasteiger partial charge in [0.2, 0.25) is 5.82 Å². The van der Waals surface area contributed by atoms with E-state index in [9.17, 15) is 0 Å². The van der Waals surface area contributed by atoms with Gasteiger partial charge in [-0.3, -0.25) is 4.98 Å². The molecule has 1 aliphatic carbocycles. The molecule has 1 saturated carbocycles. The number of hydrogen-bond donors (Lipinski definition) is 1. The van der Waals surface area contributed by atoms with Crippen molar-refractivity contribution in [2.24, 2.45) is 0 Å². The Morgan fingerprint density at radius 3 is 2.42 bits per heavy atom. The highest BCUT2D eigenvalue weighted by Gasteiger charge is 2.23. The third kappa shape index (κ3) is 3.62.